The number of nitrogens with two attached hydrogens (primary N) is 1. The van der Waals surface area contributed by atoms with Gasteiger partial charge in [-0.15, -0.1) is 11.3 Å². The lowest BCUT2D eigenvalue weighted by molar-refractivity contribution is 1.25. The molecule has 0 aliphatic heterocycles. The normalized spacial score (nSPS) is 10.5. The van der Waals surface area contributed by atoms with Gasteiger partial charge in [-0.1, -0.05) is 0 Å². The quantitative estimate of drug-likeness (QED) is 0.338. The van der Waals surface area contributed by atoms with Gasteiger partial charge >= 0.3 is 0 Å². The van der Waals surface area contributed by atoms with Gasteiger partial charge in [0, 0.05) is 5.38 Å². The molecule has 1 heterocycles. The van der Waals surface area contributed by atoms with Crippen LogP contribution in [0.3, 0.4) is 0 Å². The summed E-state index contributed by atoms with van der Waals surface area (Å²) in [5.74, 6) is 4.85. The van der Waals surface area contributed by atoms with E-state index in [1.807, 2.05) is 5.38 Å². The van der Waals surface area contributed by atoms with E-state index in [4.69, 9.17) is 5.84 Å². The zero-order chi connectivity index (χ0) is 5.82. The monoisotopic (exact) mass is 127 g/mol. The summed E-state index contributed by atoms with van der Waals surface area (Å²) in [5.41, 5.74) is 2.55. The van der Waals surface area contributed by atoms with Gasteiger partial charge in [0.15, 0.2) is 0 Å². The number of hydrogen-bond donors (Lipinski definition) is 1. The van der Waals surface area contributed by atoms with Gasteiger partial charge in [0.05, 0.1) is 17.4 Å². The Labute approximate surface area is 50.9 Å². The Morgan fingerprint density at radius 1 is 1.88 bits per heavy atom. The van der Waals surface area contributed by atoms with Crippen LogP contribution in [0.25, 0.3) is 0 Å². The average Bonchev–Trinajstić information content (AvgIpc) is 2.19. The minimum Gasteiger partial charge on any atom is -0.323 e. The van der Waals surface area contributed by atoms with Gasteiger partial charge in [-0.25, -0.2) is 4.98 Å². The smallest absolute Gasteiger partial charge is 0.0939 e. The Morgan fingerprint density at radius 2 is 2.75 bits per heavy atom. The molecule has 0 saturated heterocycles. The molecule has 0 amide bonds. The van der Waals surface area contributed by atoms with Gasteiger partial charge < -0.3 is 5.84 Å². The molecule has 0 fully saturated rings. The lowest BCUT2D eigenvalue weighted by Crippen LogP contribution is -1.84. The van der Waals surface area contributed by atoms with Gasteiger partial charge in [-0.2, -0.15) is 5.10 Å². The van der Waals surface area contributed by atoms with E-state index in [0.29, 0.717) is 0 Å². The molecule has 0 unspecified atom stereocenters. The molecule has 0 saturated carbocycles. The molecule has 1 rings (SSSR count). The number of hydrogen-bond acceptors (Lipinski definition) is 4. The summed E-state index contributed by atoms with van der Waals surface area (Å²) in [6, 6.07) is 0. The predicted molar refractivity (Wildman–Crippen MR) is 33.9 cm³/mol. The van der Waals surface area contributed by atoms with Crippen molar-refractivity contribution < 1.29 is 0 Å². The molecule has 0 spiro atoms. The summed E-state index contributed by atoms with van der Waals surface area (Å²) in [4.78, 5) is 3.90. The van der Waals surface area contributed by atoms with Crippen LogP contribution in [-0.2, 0) is 0 Å². The maximum atomic E-state index is 4.85. The third-order valence-corrected chi connectivity index (χ3v) is 1.26. The molecule has 42 valence electrons. The fourth-order valence-corrected chi connectivity index (χ4v) is 0.867. The largest absolute Gasteiger partial charge is 0.323 e. The van der Waals surface area contributed by atoms with Crippen LogP contribution < -0.4 is 5.84 Å². The molecule has 1 aromatic rings. The number of thiazole rings is 1. The average molecular weight is 127 g/mol. The Hall–Kier alpha value is -0.900. The molecule has 0 radical (unpaired) electrons. The number of nitrogens with zero attached hydrogens (tertiary/aromatic N) is 2. The van der Waals surface area contributed by atoms with Crippen molar-refractivity contribution in [2.45, 2.75) is 0 Å². The predicted octanol–water partition coefficient (Wildman–Crippen LogP) is 0.436. The summed E-state index contributed by atoms with van der Waals surface area (Å²) in [6.45, 7) is 0. The van der Waals surface area contributed by atoms with E-state index < -0.39 is 0 Å². The van der Waals surface area contributed by atoms with Crippen LogP contribution in [-0.4, -0.2) is 11.2 Å². The van der Waals surface area contributed by atoms with Crippen LogP contribution in [0.4, 0.5) is 0 Å². The van der Waals surface area contributed by atoms with E-state index in [9.17, 15) is 0 Å². The van der Waals surface area contributed by atoms with Gasteiger partial charge in [0.2, 0.25) is 0 Å². The molecule has 1 aromatic heterocycles. The first kappa shape index (κ1) is 5.24. The first-order valence-electron chi connectivity index (χ1n) is 2.05. The van der Waals surface area contributed by atoms with Crippen molar-refractivity contribution in [3.05, 3.63) is 16.6 Å². The molecular weight excluding hydrogens is 122 g/mol. The van der Waals surface area contributed by atoms with Crippen LogP contribution in [0.15, 0.2) is 16.0 Å². The summed E-state index contributed by atoms with van der Waals surface area (Å²) in [7, 11) is 0. The van der Waals surface area contributed by atoms with Crippen LogP contribution in [0.2, 0.25) is 0 Å². The lowest BCUT2D eigenvalue weighted by Gasteiger charge is -1.73. The number of rotatable bonds is 1. The minimum absolute atomic E-state index is 0.817. The highest BCUT2D eigenvalue weighted by atomic mass is 32.1. The van der Waals surface area contributed by atoms with Crippen molar-refractivity contribution in [1.82, 2.24) is 4.98 Å². The standard InChI is InChI=1S/C4H5N3S/c5-7-1-4-2-8-3-6-4/h1-3H,5H2. The highest BCUT2D eigenvalue weighted by Gasteiger charge is 1.83. The van der Waals surface area contributed by atoms with Crippen molar-refractivity contribution >= 4 is 17.6 Å². The topological polar surface area (TPSA) is 51.3 Å². The Kier molecular flexibility index (Phi) is 1.58. The maximum Gasteiger partial charge on any atom is 0.0939 e. The molecular formula is C4H5N3S. The van der Waals surface area contributed by atoms with E-state index in [1.165, 1.54) is 17.6 Å². The van der Waals surface area contributed by atoms with Gasteiger partial charge in [-0.3, -0.25) is 0 Å². The molecule has 0 aliphatic carbocycles. The first-order chi connectivity index (χ1) is 3.93. The summed E-state index contributed by atoms with van der Waals surface area (Å²) in [6.07, 6.45) is 1.51. The van der Waals surface area contributed by atoms with E-state index in [2.05, 4.69) is 10.1 Å². The van der Waals surface area contributed by atoms with E-state index in [-0.39, 0.29) is 0 Å². The second-order valence-electron chi connectivity index (χ2n) is 1.19. The third-order valence-electron chi connectivity index (χ3n) is 0.658. The molecule has 3 nitrogen and oxygen atoms in total. The lowest BCUT2D eigenvalue weighted by atomic mass is 10.6. The van der Waals surface area contributed by atoms with Crippen molar-refractivity contribution in [3.8, 4) is 0 Å². The zero-order valence-electron chi connectivity index (χ0n) is 4.11. The summed E-state index contributed by atoms with van der Waals surface area (Å²) < 4.78 is 0. The van der Waals surface area contributed by atoms with Crippen molar-refractivity contribution in [2.24, 2.45) is 10.9 Å². The van der Waals surface area contributed by atoms with Crippen LogP contribution in [0.5, 0.6) is 0 Å². The van der Waals surface area contributed by atoms with Crippen molar-refractivity contribution in [2.75, 3.05) is 0 Å². The molecule has 4 heteroatoms. The second-order valence-corrected chi connectivity index (χ2v) is 1.91. The van der Waals surface area contributed by atoms with Crippen LogP contribution >= 0.6 is 11.3 Å². The van der Waals surface area contributed by atoms with Gasteiger partial charge in [-0.05, 0) is 0 Å². The van der Waals surface area contributed by atoms with Crippen molar-refractivity contribution in [3.63, 3.8) is 0 Å². The Morgan fingerprint density at radius 3 is 3.25 bits per heavy atom. The first-order valence-corrected chi connectivity index (χ1v) is 2.99. The fraction of sp³-hybridized carbons (Fsp3) is 0. The highest BCUT2D eigenvalue weighted by Crippen LogP contribution is 1.95. The van der Waals surface area contributed by atoms with Crippen LogP contribution in [0.1, 0.15) is 5.69 Å². The molecule has 2 N–H and O–H groups in total. The Bertz CT molecular complexity index is 167. The summed E-state index contributed by atoms with van der Waals surface area (Å²) in [5, 5.41) is 5.17. The van der Waals surface area contributed by atoms with Crippen molar-refractivity contribution in [1.29, 1.82) is 0 Å². The Balaban J connectivity index is 2.77. The molecule has 8 heavy (non-hydrogen) atoms. The summed E-state index contributed by atoms with van der Waals surface area (Å²) >= 11 is 1.52. The van der Waals surface area contributed by atoms with E-state index in [1.54, 1.807) is 5.51 Å². The number of aromatic nitrogens is 1. The van der Waals surface area contributed by atoms with Crippen LogP contribution in [0, 0.1) is 0 Å². The molecule has 0 aromatic carbocycles. The van der Waals surface area contributed by atoms with Gasteiger partial charge in [0.1, 0.15) is 0 Å². The molecule has 0 atom stereocenters. The fourth-order valence-electron chi connectivity index (χ4n) is 0.362. The second kappa shape index (κ2) is 2.42. The van der Waals surface area contributed by atoms with E-state index in [0.717, 1.165) is 5.69 Å². The molecule has 0 bridgehead atoms. The SMILES string of the molecule is NN=Cc1cscn1. The minimum atomic E-state index is 0.817. The van der Waals surface area contributed by atoms with Gasteiger partial charge in [0.25, 0.3) is 0 Å². The zero-order valence-corrected chi connectivity index (χ0v) is 4.93. The maximum absolute atomic E-state index is 4.85. The van der Waals surface area contributed by atoms with E-state index >= 15 is 0 Å². The number of hydrazone groups is 1. The highest BCUT2D eigenvalue weighted by molar-refractivity contribution is 7.07. The molecule has 0 aliphatic rings. The third kappa shape index (κ3) is 1.04.